The third-order valence-corrected chi connectivity index (χ3v) is 6.28. The second-order valence-corrected chi connectivity index (χ2v) is 12.1. The number of hydrogen-bond donors (Lipinski definition) is 1. The second-order valence-electron chi connectivity index (χ2n) is 10.5. The summed E-state index contributed by atoms with van der Waals surface area (Å²) in [5.41, 5.74) is -4.37. The first-order valence-corrected chi connectivity index (χ1v) is 12.9. The average molecular weight is 557 g/mol. The minimum Gasteiger partial charge on any atom is -0.437 e. The van der Waals surface area contributed by atoms with Crippen LogP contribution in [0.5, 0.6) is 0 Å². The molecule has 38 heavy (non-hydrogen) atoms. The van der Waals surface area contributed by atoms with E-state index in [4.69, 9.17) is 34.2 Å². The molecule has 0 unspecified atom stereocenters. The fourth-order valence-electron chi connectivity index (χ4n) is 2.67. The lowest BCUT2D eigenvalue weighted by Crippen LogP contribution is -2.37. The summed E-state index contributed by atoms with van der Waals surface area (Å²) >= 11 is 0. The molecule has 0 spiro atoms. The largest absolute Gasteiger partial charge is 0.480 e. The molecule has 0 radical (unpaired) electrons. The smallest absolute Gasteiger partial charge is 0.437 e. The van der Waals surface area contributed by atoms with Gasteiger partial charge in [-0.3, -0.25) is 28.5 Å². The molecule has 1 N–H and O–H groups in total. The van der Waals surface area contributed by atoms with Crippen molar-refractivity contribution >= 4 is 19.8 Å². The van der Waals surface area contributed by atoms with Crippen LogP contribution in [0.15, 0.2) is 27.9 Å². The number of ether oxygens (including phenoxy) is 3. The summed E-state index contributed by atoms with van der Waals surface area (Å²) in [6, 6.07) is 0. The molecule has 1 aliphatic rings. The maximum Gasteiger partial charge on any atom is 0.480 e. The van der Waals surface area contributed by atoms with Crippen LogP contribution >= 0.6 is 7.82 Å². The second kappa shape index (κ2) is 11.8. The predicted molar refractivity (Wildman–Crippen MR) is 133 cm³/mol. The third-order valence-electron chi connectivity index (χ3n) is 4.99. The van der Waals surface area contributed by atoms with Crippen LogP contribution in [-0.4, -0.2) is 47.3 Å². The van der Waals surface area contributed by atoms with Crippen molar-refractivity contribution in [3.05, 3.63) is 44.8 Å². The van der Waals surface area contributed by atoms with E-state index in [2.05, 4.69) is 10.9 Å². The van der Waals surface area contributed by atoms with Crippen molar-refractivity contribution in [2.24, 2.45) is 10.8 Å². The van der Waals surface area contributed by atoms with Crippen LogP contribution in [0.4, 0.5) is 0 Å². The van der Waals surface area contributed by atoms with Gasteiger partial charge in [-0.15, -0.1) is 6.42 Å². The van der Waals surface area contributed by atoms with E-state index in [1.165, 1.54) is 25.3 Å². The van der Waals surface area contributed by atoms with E-state index in [0.29, 0.717) is 0 Å². The number of nitrogens with zero attached hydrogens (tertiary/aromatic N) is 1. The van der Waals surface area contributed by atoms with Gasteiger partial charge in [0.1, 0.15) is 6.61 Å². The number of aromatic amines is 1. The van der Waals surface area contributed by atoms with E-state index < -0.39 is 73.9 Å². The van der Waals surface area contributed by atoms with Gasteiger partial charge in [0.2, 0.25) is 13.6 Å². The Hall–Kier alpha value is -3.01. The molecular weight excluding hydrogens is 523 g/mol. The molecule has 0 fully saturated rings. The van der Waals surface area contributed by atoms with Gasteiger partial charge in [0.05, 0.1) is 10.8 Å². The molecule has 2 heterocycles. The first-order valence-electron chi connectivity index (χ1n) is 11.5. The Labute approximate surface area is 220 Å². The maximum absolute atomic E-state index is 13.3. The number of aromatic nitrogens is 2. The summed E-state index contributed by atoms with van der Waals surface area (Å²) in [5.74, 6) is 1.07. The fraction of sp³-hybridized carbons (Fsp3) is 0.583. The van der Waals surface area contributed by atoms with Gasteiger partial charge in [0.25, 0.3) is 5.56 Å². The van der Waals surface area contributed by atoms with Crippen LogP contribution in [0.1, 0.15) is 53.3 Å². The van der Waals surface area contributed by atoms with Crippen LogP contribution < -0.4 is 11.2 Å². The molecule has 0 amide bonds. The van der Waals surface area contributed by atoms with Gasteiger partial charge in [-0.1, -0.05) is 5.92 Å². The molecule has 2 rings (SSSR count). The SMILES string of the molecule is C#C[C@@]1(COP(=O)(OCOC(=O)C(C)(C)C)OCOC(=O)C(C)(C)C)C=C[C@H](n2cc(C)c(=O)[nH]c2=O)O1. The van der Waals surface area contributed by atoms with E-state index in [0.717, 1.165) is 4.57 Å². The molecule has 0 saturated carbocycles. The number of nitrogens with one attached hydrogen (secondary N) is 1. The Morgan fingerprint density at radius 1 is 1.08 bits per heavy atom. The highest BCUT2D eigenvalue weighted by atomic mass is 31.2. The standard InChI is InChI=1S/C24H33N2O11P/c1-9-24(11-10-17(37-24)26-12-16(2)18(27)25-21(26)30)13-34-38(31,35-14-32-19(28)22(3,4)5)36-15-33-20(29)23(6,7)8/h1,10-12,17H,13-15H2,2-8H3,(H,25,27,30)/t17-,24+/m1/s1. The van der Waals surface area contributed by atoms with Gasteiger partial charge >= 0.3 is 25.5 Å². The summed E-state index contributed by atoms with van der Waals surface area (Å²) in [7, 11) is -4.54. The Balaban J connectivity index is 2.15. The molecule has 0 aromatic carbocycles. The van der Waals surface area contributed by atoms with Crippen molar-refractivity contribution in [1.29, 1.82) is 0 Å². The Kier molecular flexibility index (Phi) is 9.69. The number of carbonyl (C=O) groups excluding carboxylic acids is 2. The Morgan fingerprint density at radius 2 is 1.61 bits per heavy atom. The molecule has 1 aliphatic heterocycles. The topological polar surface area (TPSA) is 161 Å². The van der Waals surface area contributed by atoms with Gasteiger partial charge < -0.3 is 14.2 Å². The number of phosphoric acid groups is 1. The van der Waals surface area contributed by atoms with Crippen LogP contribution in [0, 0.1) is 30.1 Å². The maximum atomic E-state index is 13.3. The number of carbonyl (C=O) groups is 2. The lowest BCUT2D eigenvalue weighted by atomic mass is 9.98. The summed E-state index contributed by atoms with van der Waals surface area (Å²) < 4.78 is 45.7. The van der Waals surface area contributed by atoms with E-state index in [1.54, 1.807) is 41.5 Å². The molecule has 1 aromatic heterocycles. The zero-order valence-electron chi connectivity index (χ0n) is 22.4. The number of aryl methyl sites for hydroxylation is 1. The van der Waals surface area contributed by atoms with Gasteiger partial charge in [-0.05, 0) is 60.6 Å². The van der Waals surface area contributed by atoms with Crippen LogP contribution in [0.25, 0.3) is 0 Å². The van der Waals surface area contributed by atoms with Crippen LogP contribution in [0.2, 0.25) is 0 Å². The molecule has 0 aliphatic carbocycles. The van der Waals surface area contributed by atoms with E-state index in [9.17, 15) is 23.7 Å². The highest BCUT2D eigenvalue weighted by Crippen LogP contribution is 2.51. The monoisotopic (exact) mass is 556 g/mol. The quantitative estimate of drug-likeness (QED) is 0.148. The lowest BCUT2D eigenvalue weighted by molar-refractivity contribution is -0.163. The van der Waals surface area contributed by atoms with Crippen molar-refractivity contribution in [3.8, 4) is 12.3 Å². The minimum atomic E-state index is -4.54. The predicted octanol–water partition coefficient (Wildman–Crippen LogP) is 2.55. The average Bonchev–Trinajstić information content (AvgIpc) is 3.23. The molecule has 14 heteroatoms. The molecule has 0 saturated heterocycles. The molecular formula is C24H33N2O11P. The number of phosphoric ester groups is 1. The summed E-state index contributed by atoms with van der Waals surface area (Å²) in [4.78, 5) is 50.1. The zero-order valence-corrected chi connectivity index (χ0v) is 23.3. The minimum absolute atomic E-state index is 0.261. The lowest BCUT2D eigenvalue weighted by Gasteiger charge is -2.26. The number of esters is 2. The third kappa shape index (κ3) is 8.24. The first kappa shape index (κ1) is 31.2. The van der Waals surface area contributed by atoms with Gasteiger partial charge in [-0.25, -0.2) is 18.4 Å². The summed E-state index contributed by atoms with van der Waals surface area (Å²) in [5, 5.41) is 0. The van der Waals surface area contributed by atoms with Gasteiger partial charge in [0.15, 0.2) is 11.8 Å². The normalized spacial score (nSPS) is 19.7. The van der Waals surface area contributed by atoms with E-state index in [1.807, 2.05) is 0 Å². The van der Waals surface area contributed by atoms with Crippen molar-refractivity contribution in [2.45, 2.75) is 60.3 Å². The highest BCUT2D eigenvalue weighted by molar-refractivity contribution is 7.48. The number of H-pyrrole nitrogens is 1. The fourth-order valence-corrected chi connectivity index (χ4v) is 3.61. The van der Waals surface area contributed by atoms with Crippen molar-refractivity contribution < 1.29 is 41.9 Å². The first-order chi connectivity index (χ1) is 17.4. The molecule has 13 nitrogen and oxygen atoms in total. The summed E-state index contributed by atoms with van der Waals surface area (Å²) in [6.07, 6.45) is 8.78. The van der Waals surface area contributed by atoms with Crippen molar-refractivity contribution in [1.82, 2.24) is 9.55 Å². The highest BCUT2D eigenvalue weighted by Gasteiger charge is 2.40. The molecule has 2 atom stereocenters. The zero-order chi connectivity index (χ0) is 28.9. The van der Waals surface area contributed by atoms with Crippen molar-refractivity contribution in [3.63, 3.8) is 0 Å². The Morgan fingerprint density at radius 3 is 2.08 bits per heavy atom. The van der Waals surface area contributed by atoms with Gasteiger partial charge in [-0.2, -0.15) is 0 Å². The number of rotatable bonds is 10. The van der Waals surface area contributed by atoms with E-state index >= 15 is 0 Å². The summed E-state index contributed by atoms with van der Waals surface area (Å²) in [6.45, 7) is 8.99. The molecule has 1 aromatic rings. The molecule has 210 valence electrons. The number of hydrogen-bond acceptors (Lipinski definition) is 11. The van der Waals surface area contributed by atoms with Crippen molar-refractivity contribution in [2.75, 3.05) is 20.2 Å². The van der Waals surface area contributed by atoms with Crippen LogP contribution in [-0.2, 0) is 41.9 Å². The van der Waals surface area contributed by atoms with E-state index in [-0.39, 0.29) is 5.56 Å². The van der Waals surface area contributed by atoms with Crippen LogP contribution in [0.3, 0.4) is 0 Å². The Bertz CT molecular complexity index is 1240. The van der Waals surface area contributed by atoms with Gasteiger partial charge in [0, 0.05) is 11.8 Å². The molecule has 0 bridgehead atoms. The number of terminal acetylenes is 1.